The van der Waals surface area contributed by atoms with Crippen molar-refractivity contribution in [1.29, 1.82) is 0 Å². The van der Waals surface area contributed by atoms with E-state index in [-0.39, 0.29) is 23.4 Å². The van der Waals surface area contributed by atoms with Crippen molar-refractivity contribution in [2.45, 2.75) is 19.8 Å². The lowest BCUT2D eigenvalue weighted by molar-refractivity contribution is -0.127. The SMILES string of the molecule is Brc1cncc(I)c1.CC(=O)N(C)CCCc1cncc(Oc2ccc(F)cc2)c1.Fc1ccc(Oc2cncc(Br)c2)cc1.Fc1ccc(Oc2cncc(I)c2)cc1. The van der Waals surface area contributed by atoms with Crippen LogP contribution in [0.3, 0.4) is 0 Å². The van der Waals surface area contributed by atoms with Crippen LogP contribution in [0.15, 0.2) is 156 Å². The molecule has 0 atom stereocenters. The van der Waals surface area contributed by atoms with Crippen LogP contribution >= 0.6 is 77.0 Å². The third-order valence-corrected chi connectivity index (χ3v) is 9.49. The van der Waals surface area contributed by atoms with Gasteiger partial charge in [-0.25, -0.2) is 13.2 Å². The number of halogens is 7. The standard InChI is InChI=1S/C17H19FN2O2.C11H7BrFNO.C11H7FINO.C5H3BrIN/c1-13(21)20(2)9-3-4-14-10-17(12-19-11-14)22-16-7-5-15(18)6-8-16;12-8-5-11(7-14-6-8)15-10-3-1-9(13)2-4-10;12-8-1-3-10(4-2-8)15-11-5-9(13)6-14-7-11;6-4-1-5(7)3-8-2-4/h5-8,10-12H,3-4,9H2,1-2H3;2*1-7H;1-3H. The molecule has 0 radical (unpaired) electrons. The van der Waals surface area contributed by atoms with Gasteiger partial charge in [-0.05, 0) is 193 Å². The maximum atomic E-state index is 12.9. The Morgan fingerprint density at radius 3 is 1.33 bits per heavy atom. The van der Waals surface area contributed by atoms with E-state index in [2.05, 4.69) is 97.0 Å². The summed E-state index contributed by atoms with van der Waals surface area (Å²) >= 11 is 10.9. The molecular weight excluding hydrogens is 1130 g/mol. The van der Waals surface area contributed by atoms with E-state index in [1.807, 2.05) is 24.4 Å². The number of carbonyl (C=O) groups is 1. The first-order valence-corrected chi connectivity index (χ1v) is 21.5. The lowest BCUT2D eigenvalue weighted by atomic mass is 10.1. The van der Waals surface area contributed by atoms with Crippen LogP contribution in [0.2, 0.25) is 0 Å². The number of nitrogens with zero attached hydrogens (tertiary/aromatic N) is 5. The summed E-state index contributed by atoms with van der Waals surface area (Å²) in [6.45, 7) is 2.26. The third kappa shape index (κ3) is 19.2. The first-order chi connectivity index (χ1) is 28.8. The molecule has 0 saturated carbocycles. The first kappa shape index (κ1) is 48.0. The molecule has 0 saturated heterocycles. The van der Waals surface area contributed by atoms with Gasteiger partial charge < -0.3 is 19.1 Å². The van der Waals surface area contributed by atoms with Gasteiger partial charge in [0.15, 0.2) is 0 Å². The number of aryl methyl sites for hydroxylation is 1. The maximum absolute atomic E-state index is 12.9. The number of benzene rings is 3. The zero-order chi connectivity index (χ0) is 43.3. The second-order valence-corrected chi connectivity index (χ2v) is 16.6. The molecule has 16 heteroatoms. The van der Waals surface area contributed by atoms with Crippen LogP contribution in [-0.2, 0) is 11.2 Å². The zero-order valence-electron chi connectivity index (χ0n) is 32.0. The molecule has 1 amide bonds. The molecule has 0 aliphatic carbocycles. The number of ether oxygens (including phenoxy) is 3. The van der Waals surface area contributed by atoms with Crippen molar-refractivity contribution in [2.24, 2.45) is 0 Å². The molecule has 60 heavy (non-hydrogen) atoms. The van der Waals surface area contributed by atoms with Gasteiger partial charge in [0.2, 0.25) is 5.91 Å². The lowest BCUT2D eigenvalue weighted by Crippen LogP contribution is -2.25. The van der Waals surface area contributed by atoms with Crippen LogP contribution in [0, 0.1) is 24.6 Å². The van der Waals surface area contributed by atoms with Crippen LogP contribution in [0.25, 0.3) is 0 Å². The monoisotopic (exact) mass is 1170 g/mol. The molecule has 0 aliphatic rings. The van der Waals surface area contributed by atoms with Crippen LogP contribution in [0.1, 0.15) is 18.9 Å². The van der Waals surface area contributed by atoms with Crippen molar-refractivity contribution in [1.82, 2.24) is 24.8 Å². The van der Waals surface area contributed by atoms with E-state index >= 15 is 0 Å². The summed E-state index contributed by atoms with van der Waals surface area (Å²) in [4.78, 5) is 28.8. The van der Waals surface area contributed by atoms with Crippen molar-refractivity contribution >= 4 is 82.9 Å². The van der Waals surface area contributed by atoms with E-state index in [0.717, 1.165) is 34.5 Å². The summed E-state index contributed by atoms with van der Waals surface area (Å²) in [5, 5.41) is 0. The van der Waals surface area contributed by atoms with E-state index in [1.165, 1.54) is 36.4 Å². The summed E-state index contributed by atoms with van der Waals surface area (Å²) in [5.41, 5.74) is 1.04. The van der Waals surface area contributed by atoms with Crippen LogP contribution in [-0.4, -0.2) is 44.3 Å². The van der Waals surface area contributed by atoms with Gasteiger partial charge in [-0.15, -0.1) is 0 Å². The highest BCUT2D eigenvalue weighted by Crippen LogP contribution is 2.25. The molecule has 0 N–H and O–H groups in total. The van der Waals surface area contributed by atoms with Gasteiger partial charge in [0.1, 0.15) is 51.9 Å². The highest BCUT2D eigenvalue weighted by Gasteiger charge is 2.05. The Bertz CT molecular complexity index is 2280. The number of rotatable bonds is 10. The van der Waals surface area contributed by atoms with E-state index < -0.39 is 0 Å². The average Bonchev–Trinajstić information content (AvgIpc) is 3.21. The fourth-order valence-corrected chi connectivity index (χ4v) is 6.63. The van der Waals surface area contributed by atoms with Crippen LogP contribution in [0.5, 0.6) is 34.5 Å². The fraction of sp³-hybridized carbons (Fsp3) is 0.114. The first-order valence-electron chi connectivity index (χ1n) is 17.7. The quantitative estimate of drug-likeness (QED) is 0.125. The maximum Gasteiger partial charge on any atom is 0.219 e. The second-order valence-electron chi connectivity index (χ2n) is 12.2. The Morgan fingerprint density at radius 1 is 0.550 bits per heavy atom. The van der Waals surface area contributed by atoms with E-state index in [9.17, 15) is 18.0 Å². The zero-order valence-corrected chi connectivity index (χ0v) is 39.5. The van der Waals surface area contributed by atoms with Crippen LogP contribution < -0.4 is 14.2 Å². The smallest absolute Gasteiger partial charge is 0.219 e. The highest BCUT2D eigenvalue weighted by molar-refractivity contribution is 14.1. The van der Waals surface area contributed by atoms with Crippen molar-refractivity contribution in [3.8, 4) is 34.5 Å². The summed E-state index contributed by atoms with van der Waals surface area (Å²) < 4.78 is 58.7. The normalized spacial score (nSPS) is 10.0. The number of pyridine rings is 4. The van der Waals surface area contributed by atoms with Gasteiger partial charge in [-0.3, -0.25) is 24.7 Å². The third-order valence-electron chi connectivity index (χ3n) is 7.45. The Morgan fingerprint density at radius 2 is 0.933 bits per heavy atom. The molecule has 0 fully saturated rings. The minimum Gasteiger partial charge on any atom is -0.456 e. The van der Waals surface area contributed by atoms with Crippen LogP contribution in [0.4, 0.5) is 13.2 Å². The van der Waals surface area contributed by atoms with Gasteiger partial charge in [-0.2, -0.15) is 0 Å². The Kier molecular flexibility index (Phi) is 20.7. The van der Waals surface area contributed by atoms with E-state index in [1.54, 1.807) is 105 Å². The predicted octanol–water partition coefficient (Wildman–Crippen LogP) is 13.3. The molecule has 0 aliphatic heterocycles. The predicted molar refractivity (Wildman–Crippen MR) is 249 cm³/mol. The summed E-state index contributed by atoms with van der Waals surface area (Å²) in [5.74, 6) is 2.82. The van der Waals surface area contributed by atoms with Gasteiger partial charge in [0, 0.05) is 67.6 Å². The minimum atomic E-state index is -0.297. The molecule has 7 aromatic rings. The molecule has 0 spiro atoms. The Labute approximate surface area is 390 Å². The molecule has 0 unspecified atom stereocenters. The van der Waals surface area contributed by atoms with Gasteiger partial charge >= 0.3 is 0 Å². The minimum absolute atomic E-state index is 0.0616. The van der Waals surface area contributed by atoms with Gasteiger partial charge in [0.05, 0.1) is 18.6 Å². The lowest BCUT2D eigenvalue weighted by Gasteiger charge is -2.14. The van der Waals surface area contributed by atoms with E-state index in [4.69, 9.17) is 14.2 Å². The summed E-state index contributed by atoms with van der Waals surface area (Å²) in [6.07, 6.45) is 15.3. The molecule has 4 aromatic heterocycles. The largest absolute Gasteiger partial charge is 0.456 e. The molecule has 7 rings (SSSR count). The molecular formula is C44H36Br2F3I2N5O4. The molecule has 3 aromatic carbocycles. The van der Waals surface area contributed by atoms with Crippen molar-refractivity contribution in [3.05, 3.63) is 186 Å². The number of aromatic nitrogens is 4. The number of amides is 1. The van der Waals surface area contributed by atoms with Gasteiger partial charge in [-0.1, -0.05) is 0 Å². The van der Waals surface area contributed by atoms with Crippen molar-refractivity contribution in [3.63, 3.8) is 0 Å². The Hall–Kier alpha value is -4.66. The molecule has 310 valence electrons. The second kappa shape index (κ2) is 25.8. The van der Waals surface area contributed by atoms with E-state index in [0.29, 0.717) is 41.0 Å². The average molecular weight is 1170 g/mol. The number of carbonyl (C=O) groups excluding carboxylic acids is 1. The highest BCUT2D eigenvalue weighted by atomic mass is 127. The Balaban J connectivity index is 0.000000185. The number of hydrogen-bond acceptors (Lipinski definition) is 8. The van der Waals surface area contributed by atoms with Crippen molar-refractivity contribution < 1.29 is 32.2 Å². The molecule has 4 heterocycles. The summed E-state index contributed by atoms with van der Waals surface area (Å²) in [7, 11) is 1.79. The van der Waals surface area contributed by atoms with Crippen molar-refractivity contribution in [2.75, 3.05) is 13.6 Å². The molecule has 9 nitrogen and oxygen atoms in total. The molecule has 0 bridgehead atoms. The topological polar surface area (TPSA) is 99.6 Å². The summed E-state index contributed by atoms with van der Waals surface area (Å²) in [6, 6.07) is 25.1. The fourth-order valence-electron chi connectivity index (χ4n) is 4.53. The number of hydrogen-bond donors (Lipinski definition) is 0. The van der Waals surface area contributed by atoms with Gasteiger partial charge in [0.25, 0.3) is 0 Å².